The number of rotatable bonds is 13. The van der Waals surface area contributed by atoms with Gasteiger partial charge in [-0.2, -0.15) is 0 Å². The first kappa shape index (κ1) is 23.6. The summed E-state index contributed by atoms with van der Waals surface area (Å²) in [6.45, 7) is 5.09. The molecule has 4 nitrogen and oxygen atoms in total. The molecule has 5 heteroatoms. The van der Waals surface area contributed by atoms with Gasteiger partial charge in [0.2, 0.25) is 5.88 Å². The fourth-order valence-electron chi connectivity index (χ4n) is 2.90. The number of ether oxygens (including phenoxy) is 1. The molecular formula is C25H33FN2O2. The van der Waals surface area contributed by atoms with Gasteiger partial charge in [-0.15, -0.1) is 0 Å². The van der Waals surface area contributed by atoms with Crippen LogP contribution in [-0.2, 0) is 4.79 Å². The molecule has 1 amide bonds. The maximum absolute atomic E-state index is 13.6. The summed E-state index contributed by atoms with van der Waals surface area (Å²) in [5.41, 5.74) is 0.953. The summed E-state index contributed by atoms with van der Waals surface area (Å²) >= 11 is 0. The molecule has 1 N–H and O–H groups in total. The van der Waals surface area contributed by atoms with Crippen molar-refractivity contribution >= 4 is 16.8 Å². The molecule has 0 aliphatic carbocycles. The lowest BCUT2D eigenvalue weighted by molar-refractivity contribution is -0.119. The minimum Gasteiger partial charge on any atom is -0.478 e. The van der Waals surface area contributed by atoms with Crippen LogP contribution in [0, 0.1) is 5.92 Å². The lowest BCUT2D eigenvalue weighted by atomic mass is 10.1. The van der Waals surface area contributed by atoms with Crippen LogP contribution in [0.25, 0.3) is 10.9 Å². The van der Waals surface area contributed by atoms with E-state index in [2.05, 4.69) is 10.3 Å². The number of halogens is 1. The van der Waals surface area contributed by atoms with Gasteiger partial charge in [0.05, 0.1) is 12.1 Å². The van der Waals surface area contributed by atoms with Gasteiger partial charge in [0.15, 0.2) is 5.83 Å². The molecule has 0 atom stereocenters. The number of para-hydroxylation sites is 1. The van der Waals surface area contributed by atoms with E-state index in [1.54, 1.807) is 6.08 Å². The zero-order valence-electron chi connectivity index (χ0n) is 18.1. The highest BCUT2D eigenvalue weighted by Crippen LogP contribution is 2.16. The molecule has 162 valence electrons. The van der Waals surface area contributed by atoms with Crippen LogP contribution in [0.2, 0.25) is 0 Å². The molecule has 2 rings (SSSR count). The summed E-state index contributed by atoms with van der Waals surface area (Å²) in [4.78, 5) is 16.0. The Balaban J connectivity index is 1.50. The van der Waals surface area contributed by atoms with Gasteiger partial charge in [-0.25, -0.2) is 9.37 Å². The Morgan fingerprint density at radius 2 is 1.87 bits per heavy atom. The number of hydrogen-bond donors (Lipinski definition) is 1. The minimum absolute atomic E-state index is 0.305. The number of fused-ring (bicyclic) bond motifs is 1. The van der Waals surface area contributed by atoms with Crippen molar-refractivity contribution in [1.29, 1.82) is 0 Å². The fourth-order valence-corrected chi connectivity index (χ4v) is 2.90. The molecule has 1 heterocycles. The molecule has 0 aliphatic heterocycles. The molecule has 1 aromatic heterocycles. The molecule has 0 saturated heterocycles. The molecule has 0 unspecified atom stereocenters. The third kappa shape index (κ3) is 9.21. The van der Waals surface area contributed by atoms with E-state index in [4.69, 9.17) is 4.74 Å². The second-order valence-electron chi connectivity index (χ2n) is 7.79. The number of allylic oxidation sites excluding steroid dienone is 3. The number of carbonyl (C=O) groups excluding carboxylic acids is 1. The van der Waals surface area contributed by atoms with Crippen molar-refractivity contribution in [1.82, 2.24) is 10.3 Å². The maximum atomic E-state index is 13.6. The number of nitrogens with one attached hydrogen (secondary N) is 1. The SMILES string of the molecule is CC(C)CNC(=O)/C(F)=C/C=C/CCCCCCCOc1ccc2ccccc2n1. The summed E-state index contributed by atoms with van der Waals surface area (Å²) in [6.07, 6.45) is 11.1. The number of amides is 1. The first-order chi connectivity index (χ1) is 14.6. The third-order valence-corrected chi connectivity index (χ3v) is 4.60. The molecule has 30 heavy (non-hydrogen) atoms. The van der Waals surface area contributed by atoms with Crippen LogP contribution >= 0.6 is 0 Å². The number of benzene rings is 1. The highest BCUT2D eigenvalue weighted by Gasteiger charge is 2.07. The second kappa shape index (κ2) is 13.5. The van der Waals surface area contributed by atoms with Gasteiger partial charge in [0.1, 0.15) is 0 Å². The summed E-state index contributed by atoms with van der Waals surface area (Å²) in [5.74, 6) is -0.404. The quantitative estimate of drug-likeness (QED) is 0.244. The lowest BCUT2D eigenvalue weighted by Gasteiger charge is -2.06. The van der Waals surface area contributed by atoms with Gasteiger partial charge in [-0.1, -0.05) is 63.5 Å². The largest absolute Gasteiger partial charge is 0.478 e. The van der Waals surface area contributed by atoms with Crippen molar-refractivity contribution in [2.45, 2.75) is 52.4 Å². The number of unbranched alkanes of at least 4 members (excludes halogenated alkanes) is 5. The predicted molar refractivity (Wildman–Crippen MR) is 121 cm³/mol. The van der Waals surface area contributed by atoms with Crippen LogP contribution in [-0.4, -0.2) is 24.0 Å². The highest BCUT2D eigenvalue weighted by molar-refractivity contribution is 5.91. The van der Waals surface area contributed by atoms with E-state index in [-0.39, 0.29) is 0 Å². The van der Waals surface area contributed by atoms with E-state index in [0.29, 0.717) is 24.9 Å². The number of hydrogen-bond acceptors (Lipinski definition) is 3. The lowest BCUT2D eigenvalue weighted by Crippen LogP contribution is -2.27. The van der Waals surface area contributed by atoms with Gasteiger partial charge in [0, 0.05) is 18.0 Å². The average Bonchev–Trinajstić information content (AvgIpc) is 2.75. The Bertz CT molecular complexity index is 846. The fraction of sp³-hybridized carbons (Fsp3) is 0.440. The number of nitrogens with zero attached hydrogens (tertiary/aromatic N) is 1. The van der Waals surface area contributed by atoms with Crippen LogP contribution in [0.5, 0.6) is 5.88 Å². The summed E-state index contributed by atoms with van der Waals surface area (Å²) in [6, 6.07) is 12.0. The van der Waals surface area contributed by atoms with E-state index < -0.39 is 11.7 Å². The van der Waals surface area contributed by atoms with E-state index in [1.165, 1.54) is 6.08 Å². The molecule has 1 aromatic carbocycles. The minimum atomic E-state index is -0.743. The maximum Gasteiger partial charge on any atom is 0.280 e. The third-order valence-electron chi connectivity index (χ3n) is 4.60. The van der Waals surface area contributed by atoms with E-state index in [0.717, 1.165) is 49.4 Å². The normalized spacial score (nSPS) is 12.1. The van der Waals surface area contributed by atoms with Crippen molar-refractivity contribution in [3.8, 4) is 5.88 Å². The topological polar surface area (TPSA) is 51.2 Å². The van der Waals surface area contributed by atoms with E-state index in [9.17, 15) is 9.18 Å². The van der Waals surface area contributed by atoms with Crippen LogP contribution in [0.1, 0.15) is 52.4 Å². The van der Waals surface area contributed by atoms with Crippen molar-refractivity contribution in [3.05, 3.63) is 60.5 Å². The van der Waals surface area contributed by atoms with Crippen molar-refractivity contribution < 1.29 is 13.9 Å². The van der Waals surface area contributed by atoms with Gasteiger partial charge < -0.3 is 10.1 Å². The number of aromatic nitrogens is 1. The molecule has 0 bridgehead atoms. The molecule has 0 saturated carbocycles. The molecular weight excluding hydrogens is 379 g/mol. The summed E-state index contributed by atoms with van der Waals surface area (Å²) in [7, 11) is 0. The second-order valence-corrected chi connectivity index (χ2v) is 7.79. The Labute approximate surface area is 179 Å². The van der Waals surface area contributed by atoms with Crippen LogP contribution in [0.4, 0.5) is 4.39 Å². The number of pyridine rings is 1. The van der Waals surface area contributed by atoms with E-state index >= 15 is 0 Å². The first-order valence-electron chi connectivity index (χ1n) is 10.9. The van der Waals surface area contributed by atoms with Crippen LogP contribution < -0.4 is 10.1 Å². The molecule has 0 radical (unpaired) electrons. The Hall–Kier alpha value is -2.69. The van der Waals surface area contributed by atoms with Gasteiger partial charge in [0.25, 0.3) is 5.91 Å². The monoisotopic (exact) mass is 412 g/mol. The summed E-state index contributed by atoms with van der Waals surface area (Å²) < 4.78 is 19.3. The molecule has 0 aliphatic rings. The zero-order chi connectivity index (χ0) is 21.6. The van der Waals surface area contributed by atoms with Crippen LogP contribution in [0.15, 0.2) is 60.5 Å². The Kier molecular flexibility index (Phi) is 10.6. The van der Waals surface area contributed by atoms with Crippen LogP contribution in [0.3, 0.4) is 0 Å². The van der Waals surface area contributed by atoms with E-state index in [1.807, 2.05) is 56.3 Å². The molecule has 0 fully saturated rings. The van der Waals surface area contributed by atoms with Gasteiger partial charge >= 0.3 is 0 Å². The zero-order valence-corrected chi connectivity index (χ0v) is 18.1. The van der Waals surface area contributed by atoms with Gasteiger partial charge in [-0.3, -0.25) is 4.79 Å². The molecule has 2 aromatic rings. The standard InChI is InChI=1S/C25H33FN2O2/c1-20(2)19-27-25(29)22(26)14-9-7-5-3-4-6-8-12-18-30-24-17-16-21-13-10-11-15-23(21)28-24/h7,9-11,13-17,20H,3-6,8,12,18-19H2,1-2H3,(H,27,29)/b9-7+,22-14-. The van der Waals surface area contributed by atoms with Crippen molar-refractivity contribution in [2.24, 2.45) is 5.92 Å². The average molecular weight is 413 g/mol. The Morgan fingerprint density at radius 3 is 2.70 bits per heavy atom. The predicted octanol–water partition coefficient (Wildman–Crippen LogP) is 6.14. The van der Waals surface area contributed by atoms with Crippen molar-refractivity contribution in [2.75, 3.05) is 13.2 Å². The molecule has 0 spiro atoms. The first-order valence-corrected chi connectivity index (χ1v) is 10.9. The number of carbonyl (C=O) groups is 1. The smallest absolute Gasteiger partial charge is 0.280 e. The van der Waals surface area contributed by atoms with Gasteiger partial charge in [-0.05, 0) is 43.4 Å². The highest BCUT2D eigenvalue weighted by atomic mass is 19.1. The summed E-state index contributed by atoms with van der Waals surface area (Å²) in [5, 5.41) is 3.67. The van der Waals surface area contributed by atoms with Crippen molar-refractivity contribution in [3.63, 3.8) is 0 Å². The Morgan fingerprint density at radius 1 is 1.10 bits per heavy atom.